The lowest BCUT2D eigenvalue weighted by atomic mass is 10.1. The number of nitrogens with zero attached hydrogens (tertiary/aromatic N) is 2. The minimum absolute atomic E-state index is 0.190. The molecule has 0 aromatic heterocycles. The summed E-state index contributed by atoms with van der Waals surface area (Å²) in [6, 6.07) is 13.4. The first-order valence-corrected chi connectivity index (χ1v) is 10.9. The fourth-order valence-electron chi connectivity index (χ4n) is 3.04. The second kappa shape index (κ2) is 8.42. The molecule has 0 radical (unpaired) electrons. The monoisotopic (exact) mass is 465 g/mol. The van der Waals surface area contributed by atoms with E-state index in [1.165, 1.54) is 11.2 Å². The van der Waals surface area contributed by atoms with Crippen molar-refractivity contribution in [1.82, 2.24) is 9.21 Å². The molecule has 2 amide bonds. The first kappa shape index (κ1) is 20.5. The van der Waals surface area contributed by atoms with E-state index in [9.17, 15) is 18.0 Å². The molecule has 0 saturated carbocycles. The summed E-state index contributed by atoms with van der Waals surface area (Å²) in [7, 11) is -3.63. The molecule has 0 aliphatic carbocycles. The summed E-state index contributed by atoms with van der Waals surface area (Å²) in [5.41, 5.74) is 1.00. The van der Waals surface area contributed by atoms with Gasteiger partial charge in [-0.15, -0.1) is 0 Å². The van der Waals surface area contributed by atoms with Gasteiger partial charge in [0, 0.05) is 48.8 Å². The topological polar surface area (TPSA) is 86.8 Å². The van der Waals surface area contributed by atoms with Crippen LogP contribution in [0.25, 0.3) is 0 Å². The molecule has 28 heavy (non-hydrogen) atoms. The zero-order chi connectivity index (χ0) is 20.3. The minimum atomic E-state index is -3.63. The number of amides is 2. The summed E-state index contributed by atoms with van der Waals surface area (Å²) >= 11 is 3.29. The second-order valence-electron chi connectivity index (χ2n) is 6.39. The van der Waals surface area contributed by atoms with Gasteiger partial charge in [0.25, 0.3) is 5.91 Å². The van der Waals surface area contributed by atoms with Crippen LogP contribution < -0.4 is 5.32 Å². The lowest BCUT2D eigenvalue weighted by molar-refractivity contribution is -0.114. The fraction of sp³-hybridized carbons (Fsp3) is 0.263. The molecule has 1 aliphatic heterocycles. The van der Waals surface area contributed by atoms with Crippen LogP contribution in [0, 0.1) is 0 Å². The Kier molecular flexibility index (Phi) is 6.17. The molecule has 1 heterocycles. The van der Waals surface area contributed by atoms with Gasteiger partial charge >= 0.3 is 0 Å². The number of sulfonamides is 1. The number of halogens is 1. The van der Waals surface area contributed by atoms with Crippen molar-refractivity contribution in [3.05, 3.63) is 58.6 Å². The number of rotatable bonds is 4. The highest BCUT2D eigenvalue weighted by Crippen LogP contribution is 2.25. The van der Waals surface area contributed by atoms with E-state index in [1.807, 2.05) is 0 Å². The Bertz CT molecular complexity index is 1000. The maximum Gasteiger partial charge on any atom is 0.254 e. The molecular formula is C19H20BrN3O4S. The summed E-state index contributed by atoms with van der Waals surface area (Å²) < 4.78 is 27.6. The van der Waals surface area contributed by atoms with Crippen molar-refractivity contribution in [2.45, 2.75) is 11.8 Å². The Morgan fingerprint density at radius 2 is 1.68 bits per heavy atom. The first-order chi connectivity index (χ1) is 13.3. The number of anilines is 1. The Morgan fingerprint density at radius 3 is 2.32 bits per heavy atom. The number of hydrogen-bond donors (Lipinski definition) is 1. The third-order valence-corrected chi connectivity index (χ3v) is 7.32. The number of nitrogens with one attached hydrogen (secondary N) is 1. The van der Waals surface area contributed by atoms with E-state index in [2.05, 4.69) is 21.2 Å². The van der Waals surface area contributed by atoms with Gasteiger partial charge in [-0.1, -0.05) is 18.2 Å². The van der Waals surface area contributed by atoms with Crippen LogP contribution >= 0.6 is 15.9 Å². The Labute approximate surface area is 172 Å². The highest BCUT2D eigenvalue weighted by Gasteiger charge is 2.31. The molecule has 1 N–H and O–H groups in total. The largest absolute Gasteiger partial charge is 0.336 e. The van der Waals surface area contributed by atoms with E-state index in [4.69, 9.17) is 0 Å². The molecule has 0 unspecified atom stereocenters. The van der Waals surface area contributed by atoms with Crippen molar-refractivity contribution in [2.75, 3.05) is 31.5 Å². The number of piperazine rings is 1. The molecule has 0 bridgehead atoms. The van der Waals surface area contributed by atoms with E-state index < -0.39 is 10.0 Å². The standard InChI is InChI=1S/C19H20BrN3O4S/c1-14(24)21-16-6-4-5-15(13-16)19(25)22-9-11-23(12-10-22)28(26,27)18-8-3-2-7-17(18)20/h2-8,13H,9-12H2,1H3,(H,21,24). The van der Waals surface area contributed by atoms with E-state index in [0.717, 1.165) is 0 Å². The van der Waals surface area contributed by atoms with Gasteiger partial charge in [-0.3, -0.25) is 9.59 Å². The zero-order valence-electron chi connectivity index (χ0n) is 15.3. The minimum Gasteiger partial charge on any atom is -0.336 e. The van der Waals surface area contributed by atoms with Gasteiger partial charge in [0.2, 0.25) is 15.9 Å². The SMILES string of the molecule is CC(=O)Nc1cccc(C(=O)N2CCN(S(=O)(=O)c3ccccc3Br)CC2)c1. The molecule has 3 rings (SSSR count). The van der Waals surface area contributed by atoms with Crippen molar-refractivity contribution in [3.63, 3.8) is 0 Å². The average molecular weight is 466 g/mol. The van der Waals surface area contributed by atoms with Crippen molar-refractivity contribution in [2.24, 2.45) is 0 Å². The second-order valence-corrected chi connectivity index (χ2v) is 9.15. The molecule has 1 aliphatic rings. The molecule has 1 saturated heterocycles. The number of carbonyl (C=O) groups excluding carboxylic acids is 2. The molecule has 1 fully saturated rings. The van der Waals surface area contributed by atoms with Gasteiger partial charge in [-0.05, 0) is 46.3 Å². The summed E-state index contributed by atoms with van der Waals surface area (Å²) in [5.74, 6) is -0.402. The normalized spacial score (nSPS) is 15.3. The predicted octanol–water partition coefficient (Wildman–Crippen LogP) is 2.55. The lowest BCUT2D eigenvalue weighted by Crippen LogP contribution is -2.50. The van der Waals surface area contributed by atoms with E-state index >= 15 is 0 Å². The lowest BCUT2D eigenvalue weighted by Gasteiger charge is -2.34. The quantitative estimate of drug-likeness (QED) is 0.751. The summed E-state index contributed by atoms with van der Waals surface area (Å²) in [6.45, 7) is 2.45. The smallest absolute Gasteiger partial charge is 0.254 e. The Balaban J connectivity index is 1.69. The molecule has 0 atom stereocenters. The van der Waals surface area contributed by atoms with E-state index in [0.29, 0.717) is 28.8 Å². The van der Waals surface area contributed by atoms with Crippen molar-refractivity contribution >= 4 is 43.5 Å². The highest BCUT2D eigenvalue weighted by atomic mass is 79.9. The summed E-state index contributed by atoms with van der Waals surface area (Å²) in [5, 5.41) is 2.65. The first-order valence-electron chi connectivity index (χ1n) is 8.70. The molecular weight excluding hydrogens is 446 g/mol. The third-order valence-electron chi connectivity index (χ3n) is 4.41. The van der Waals surface area contributed by atoms with Crippen molar-refractivity contribution < 1.29 is 18.0 Å². The predicted molar refractivity (Wildman–Crippen MR) is 110 cm³/mol. The van der Waals surface area contributed by atoms with Gasteiger partial charge in [0.15, 0.2) is 0 Å². The highest BCUT2D eigenvalue weighted by molar-refractivity contribution is 9.10. The third kappa shape index (κ3) is 4.43. The van der Waals surface area contributed by atoms with Crippen molar-refractivity contribution in [3.8, 4) is 0 Å². The van der Waals surface area contributed by atoms with Crippen LogP contribution in [0.1, 0.15) is 17.3 Å². The van der Waals surface area contributed by atoms with E-state index in [1.54, 1.807) is 53.4 Å². The Morgan fingerprint density at radius 1 is 1.00 bits per heavy atom. The Hall–Kier alpha value is -2.23. The van der Waals surface area contributed by atoms with Gasteiger partial charge in [0.1, 0.15) is 0 Å². The summed E-state index contributed by atoms with van der Waals surface area (Å²) in [6.07, 6.45) is 0. The van der Waals surface area contributed by atoms with Gasteiger partial charge in [-0.25, -0.2) is 8.42 Å². The van der Waals surface area contributed by atoms with Crippen molar-refractivity contribution in [1.29, 1.82) is 0 Å². The maximum absolute atomic E-state index is 12.9. The fourth-order valence-corrected chi connectivity index (χ4v) is 5.43. The maximum atomic E-state index is 12.9. The number of benzene rings is 2. The molecule has 2 aromatic carbocycles. The van der Waals surface area contributed by atoms with Crippen LogP contribution in [-0.2, 0) is 14.8 Å². The molecule has 7 nitrogen and oxygen atoms in total. The van der Waals surface area contributed by atoms with Gasteiger partial charge < -0.3 is 10.2 Å². The average Bonchev–Trinajstić information content (AvgIpc) is 2.67. The molecule has 0 spiro atoms. The van der Waals surface area contributed by atoms with Gasteiger partial charge in [0.05, 0.1) is 4.90 Å². The van der Waals surface area contributed by atoms with Crippen LogP contribution in [0.15, 0.2) is 57.9 Å². The van der Waals surface area contributed by atoms with Crippen LogP contribution in [0.5, 0.6) is 0 Å². The van der Waals surface area contributed by atoms with E-state index in [-0.39, 0.29) is 29.8 Å². The zero-order valence-corrected chi connectivity index (χ0v) is 17.7. The van der Waals surface area contributed by atoms with Crippen LogP contribution in [0.4, 0.5) is 5.69 Å². The van der Waals surface area contributed by atoms with Crippen LogP contribution in [0.3, 0.4) is 0 Å². The number of carbonyl (C=O) groups is 2. The van der Waals surface area contributed by atoms with Gasteiger partial charge in [-0.2, -0.15) is 4.31 Å². The number of hydrogen-bond acceptors (Lipinski definition) is 4. The van der Waals surface area contributed by atoms with Crippen LogP contribution in [-0.4, -0.2) is 55.6 Å². The molecule has 148 valence electrons. The van der Waals surface area contributed by atoms with Crippen LogP contribution in [0.2, 0.25) is 0 Å². The summed E-state index contributed by atoms with van der Waals surface area (Å²) in [4.78, 5) is 25.8. The molecule has 9 heteroatoms. The molecule has 2 aromatic rings.